The second-order valence-electron chi connectivity index (χ2n) is 8.50. The fourth-order valence-corrected chi connectivity index (χ4v) is 5.42. The van der Waals surface area contributed by atoms with Crippen molar-refractivity contribution in [1.82, 2.24) is 5.32 Å². The number of rotatable bonds is 10. The van der Waals surface area contributed by atoms with Gasteiger partial charge in [-0.05, 0) is 60.2 Å². The molecule has 1 unspecified atom stereocenters. The lowest BCUT2D eigenvalue weighted by atomic mass is 10.1. The van der Waals surface area contributed by atoms with E-state index in [9.17, 15) is 18.0 Å². The number of benzene rings is 4. The molecule has 0 bridgehead atoms. The first-order chi connectivity index (χ1) is 19.2. The van der Waals surface area contributed by atoms with Gasteiger partial charge in [-0.2, -0.15) is 8.42 Å². The third-order valence-corrected chi connectivity index (χ3v) is 7.87. The van der Waals surface area contributed by atoms with E-state index in [0.717, 1.165) is 10.0 Å². The van der Waals surface area contributed by atoms with E-state index >= 15 is 0 Å². The SMILES string of the molecule is COC(=O)C(Cc1ccccc1)NC(=O)c1ccc(S(=O)(=O)N(Oc2ccc(Cl)cc2Cl)c2ccccc2)cc1. The first kappa shape index (κ1) is 28.9. The molecule has 4 aromatic rings. The summed E-state index contributed by atoms with van der Waals surface area (Å²) < 4.78 is 32.9. The van der Waals surface area contributed by atoms with Crippen LogP contribution < -0.4 is 14.6 Å². The number of nitrogens with zero attached hydrogens (tertiary/aromatic N) is 1. The van der Waals surface area contributed by atoms with Crippen molar-refractivity contribution in [3.05, 3.63) is 124 Å². The number of anilines is 1. The van der Waals surface area contributed by atoms with E-state index in [1.54, 1.807) is 30.3 Å². The third kappa shape index (κ3) is 6.93. The molecule has 11 heteroatoms. The Morgan fingerprint density at radius 3 is 2.10 bits per heavy atom. The Labute approximate surface area is 242 Å². The zero-order valence-corrected chi connectivity index (χ0v) is 23.5. The fraction of sp³-hybridized carbons (Fsp3) is 0.103. The van der Waals surface area contributed by atoms with Crippen LogP contribution in [0.1, 0.15) is 15.9 Å². The van der Waals surface area contributed by atoms with Gasteiger partial charge in [0.25, 0.3) is 15.9 Å². The number of hydrogen-bond acceptors (Lipinski definition) is 6. The molecule has 0 saturated heterocycles. The summed E-state index contributed by atoms with van der Waals surface area (Å²) in [5.41, 5.74) is 1.20. The molecule has 0 heterocycles. The number of hydrogen-bond donors (Lipinski definition) is 1. The lowest BCUT2D eigenvalue weighted by molar-refractivity contribution is -0.142. The molecule has 1 N–H and O–H groups in total. The summed E-state index contributed by atoms with van der Waals surface area (Å²) in [7, 11) is -3.05. The average Bonchev–Trinajstić information content (AvgIpc) is 2.97. The van der Waals surface area contributed by atoms with E-state index < -0.39 is 27.9 Å². The first-order valence-corrected chi connectivity index (χ1v) is 14.1. The van der Waals surface area contributed by atoms with Gasteiger partial charge in [0.1, 0.15) is 6.04 Å². The number of ether oxygens (including phenoxy) is 1. The zero-order valence-electron chi connectivity index (χ0n) is 21.2. The summed E-state index contributed by atoms with van der Waals surface area (Å²) in [6.45, 7) is 0. The largest absolute Gasteiger partial charge is 0.467 e. The lowest BCUT2D eigenvalue weighted by Crippen LogP contribution is -2.43. The van der Waals surface area contributed by atoms with E-state index in [2.05, 4.69) is 5.32 Å². The predicted octanol–water partition coefficient (Wildman–Crippen LogP) is 5.70. The Kier molecular flexibility index (Phi) is 9.31. The quantitative estimate of drug-likeness (QED) is 0.186. The molecule has 1 amide bonds. The second kappa shape index (κ2) is 12.9. The average molecular weight is 599 g/mol. The zero-order chi connectivity index (χ0) is 28.7. The van der Waals surface area contributed by atoms with Gasteiger partial charge in [0, 0.05) is 17.0 Å². The molecule has 4 aromatic carbocycles. The Balaban J connectivity index is 1.58. The highest BCUT2D eigenvalue weighted by Gasteiger charge is 2.29. The number of carbonyl (C=O) groups is 2. The molecule has 0 fully saturated rings. The van der Waals surface area contributed by atoms with E-state index in [0.29, 0.717) is 5.02 Å². The summed E-state index contributed by atoms with van der Waals surface area (Å²) in [5, 5.41) is 3.14. The Morgan fingerprint density at radius 2 is 1.50 bits per heavy atom. The molecule has 0 aliphatic carbocycles. The molecule has 8 nitrogen and oxygen atoms in total. The topological polar surface area (TPSA) is 102 Å². The van der Waals surface area contributed by atoms with E-state index in [4.69, 9.17) is 32.8 Å². The normalized spacial score (nSPS) is 11.8. The van der Waals surface area contributed by atoms with Gasteiger partial charge in [0.05, 0.1) is 22.7 Å². The van der Waals surface area contributed by atoms with E-state index in [-0.39, 0.29) is 33.3 Å². The predicted molar refractivity (Wildman–Crippen MR) is 153 cm³/mol. The molecular weight excluding hydrogens is 575 g/mol. The maximum absolute atomic E-state index is 13.7. The minimum absolute atomic E-state index is 0.0711. The highest BCUT2D eigenvalue weighted by atomic mass is 35.5. The van der Waals surface area contributed by atoms with Crippen LogP contribution in [-0.4, -0.2) is 33.4 Å². The van der Waals surface area contributed by atoms with Crippen molar-refractivity contribution < 1.29 is 27.6 Å². The van der Waals surface area contributed by atoms with Crippen LogP contribution >= 0.6 is 23.2 Å². The number of para-hydroxylation sites is 1. The standard InChI is InChI=1S/C29H24Cl2N2O6S/c1-38-29(35)26(18-20-8-4-2-5-9-20)32-28(34)21-12-15-24(16-13-21)40(36,37)33(23-10-6-3-7-11-23)39-27-17-14-22(30)19-25(27)31/h2-17,19,26H,18H2,1H3,(H,32,34). The first-order valence-electron chi connectivity index (χ1n) is 11.9. The van der Waals surface area contributed by atoms with Gasteiger partial charge in [-0.3, -0.25) is 4.79 Å². The van der Waals surface area contributed by atoms with Crippen molar-refractivity contribution in [3.63, 3.8) is 0 Å². The van der Waals surface area contributed by atoms with Gasteiger partial charge in [-0.1, -0.05) is 76.2 Å². The summed E-state index contributed by atoms with van der Waals surface area (Å²) in [5.74, 6) is -1.10. The van der Waals surface area contributed by atoms with Crippen LogP contribution in [0.25, 0.3) is 0 Å². The molecule has 4 rings (SSSR count). The van der Waals surface area contributed by atoms with E-state index in [1.807, 2.05) is 30.3 Å². The van der Waals surface area contributed by atoms with Gasteiger partial charge in [-0.15, -0.1) is 0 Å². The maximum atomic E-state index is 13.7. The minimum atomic E-state index is -4.29. The number of halogens is 2. The molecule has 40 heavy (non-hydrogen) atoms. The number of carbonyl (C=O) groups excluding carboxylic acids is 2. The molecule has 0 saturated carbocycles. The van der Waals surface area contributed by atoms with Crippen LogP contribution in [0.3, 0.4) is 0 Å². The van der Waals surface area contributed by atoms with Crippen LogP contribution in [0.2, 0.25) is 10.0 Å². The molecule has 206 valence electrons. The van der Waals surface area contributed by atoms with E-state index in [1.165, 1.54) is 49.6 Å². The van der Waals surface area contributed by atoms with Crippen molar-refractivity contribution in [2.75, 3.05) is 11.6 Å². The van der Waals surface area contributed by atoms with Crippen molar-refractivity contribution in [2.45, 2.75) is 17.4 Å². The molecule has 0 spiro atoms. The van der Waals surface area contributed by atoms with Crippen LogP contribution in [0.5, 0.6) is 5.75 Å². The summed E-state index contributed by atoms with van der Waals surface area (Å²) in [6.07, 6.45) is 0.225. The Morgan fingerprint density at radius 1 is 0.875 bits per heavy atom. The van der Waals surface area contributed by atoms with Crippen LogP contribution in [0.15, 0.2) is 108 Å². The minimum Gasteiger partial charge on any atom is -0.467 e. The molecule has 1 atom stereocenters. The molecular formula is C29H24Cl2N2O6S. The van der Waals surface area contributed by atoms with Gasteiger partial charge in [0.2, 0.25) is 0 Å². The Bertz CT molecular complexity index is 1580. The monoisotopic (exact) mass is 598 g/mol. The fourth-order valence-electron chi connectivity index (χ4n) is 3.73. The van der Waals surface area contributed by atoms with Gasteiger partial charge in [0.15, 0.2) is 5.75 Å². The van der Waals surface area contributed by atoms with Crippen molar-refractivity contribution in [1.29, 1.82) is 0 Å². The van der Waals surface area contributed by atoms with Crippen molar-refractivity contribution >= 4 is 50.8 Å². The summed E-state index contributed by atoms with van der Waals surface area (Å²) >= 11 is 12.2. The molecule has 0 aliphatic rings. The maximum Gasteiger partial charge on any atom is 0.328 e. The number of nitrogens with one attached hydrogen (secondary N) is 1. The van der Waals surface area contributed by atoms with Crippen LogP contribution in [-0.2, 0) is 26.0 Å². The van der Waals surface area contributed by atoms with Crippen LogP contribution in [0.4, 0.5) is 5.69 Å². The smallest absolute Gasteiger partial charge is 0.328 e. The van der Waals surface area contributed by atoms with Crippen molar-refractivity contribution in [2.24, 2.45) is 0 Å². The Hall–Kier alpha value is -4.05. The number of esters is 1. The third-order valence-electron chi connectivity index (χ3n) is 5.75. The number of sulfonamides is 1. The molecule has 0 radical (unpaired) electrons. The highest BCUT2D eigenvalue weighted by Crippen LogP contribution is 2.32. The van der Waals surface area contributed by atoms with Crippen LogP contribution in [0, 0.1) is 0 Å². The number of amides is 1. The second-order valence-corrected chi connectivity index (χ2v) is 11.1. The summed E-state index contributed by atoms with van der Waals surface area (Å²) in [4.78, 5) is 30.9. The number of methoxy groups -OCH3 is 1. The van der Waals surface area contributed by atoms with Gasteiger partial charge in [-0.25, -0.2) is 4.79 Å². The van der Waals surface area contributed by atoms with Gasteiger partial charge >= 0.3 is 5.97 Å². The summed E-state index contributed by atoms with van der Waals surface area (Å²) in [6, 6.07) is 26.0. The van der Waals surface area contributed by atoms with Gasteiger partial charge < -0.3 is 14.9 Å². The lowest BCUT2D eigenvalue weighted by Gasteiger charge is -2.24. The van der Waals surface area contributed by atoms with Crippen molar-refractivity contribution in [3.8, 4) is 5.75 Å². The molecule has 0 aliphatic heterocycles. The highest BCUT2D eigenvalue weighted by molar-refractivity contribution is 7.92. The molecule has 0 aromatic heterocycles.